The van der Waals surface area contributed by atoms with Gasteiger partial charge in [-0.05, 0) is 36.8 Å². The fourth-order valence-electron chi connectivity index (χ4n) is 3.05. The molecule has 3 rings (SSSR count). The molecule has 2 aromatic carbocycles. The molecule has 1 heterocycles. The minimum Gasteiger partial charge on any atom is -0.493 e. The molecule has 3 nitrogen and oxygen atoms in total. The van der Waals surface area contributed by atoms with E-state index >= 15 is 0 Å². The van der Waals surface area contributed by atoms with Crippen molar-refractivity contribution < 1.29 is 9.13 Å². The van der Waals surface area contributed by atoms with Gasteiger partial charge >= 0.3 is 0 Å². The number of unbranched alkanes of at least 4 members (excludes halogenated alkanes) is 5. The Morgan fingerprint density at radius 3 is 2.65 bits per heavy atom. The van der Waals surface area contributed by atoms with Gasteiger partial charge in [0.1, 0.15) is 17.3 Å². The molecule has 0 aliphatic rings. The van der Waals surface area contributed by atoms with E-state index in [1.54, 1.807) is 6.07 Å². The van der Waals surface area contributed by atoms with Gasteiger partial charge in [0, 0.05) is 21.5 Å². The number of hydrogen-bond acceptors (Lipinski definition) is 2. The van der Waals surface area contributed by atoms with Crippen LogP contribution in [0.25, 0.3) is 22.2 Å². The predicted molar refractivity (Wildman–Crippen MR) is 108 cm³/mol. The number of aromatic amines is 1. The van der Waals surface area contributed by atoms with Crippen molar-refractivity contribution in [3.05, 3.63) is 46.7 Å². The lowest BCUT2D eigenvalue weighted by Crippen LogP contribution is -1.98. The van der Waals surface area contributed by atoms with Crippen LogP contribution in [0.15, 0.2) is 40.9 Å². The van der Waals surface area contributed by atoms with E-state index in [9.17, 15) is 4.39 Å². The second kappa shape index (κ2) is 9.17. The Kier molecular flexibility index (Phi) is 6.67. The van der Waals surface area contributed by atoms with Crippen molar-refractivity contribution in [1.82, 2.24) is 10.2 Å². The zero-order chi connectivity index (χ0) is 18.4. The Morgan fingerprint density at radius 1 is 1.04 bits per heavy atom. The molecule has 0 amide bonds. The Bertz CT molecular complexity index is 862. The summed E-state index contributed by atoms with van der Waals surface area (Å²) >= 11 is 3.43. The van der Waals surface area contributed by atoms with E-state index in [0.717, 1.165) is 28.2 Å². The lowest BCUT2D eigenvalue weighted by atomic mass is 10.1. The van der Waals surface area contributed by atoms with Crippen LogP contribution in [0.5, 0.6) is 5.75 Å². The minimum atomic E-state index is -0.318. The van der Waals surface area contributed by atoms with E-state index in [-0.39, 0.29) is 5.82 Å². The van der Waals surface area contributed by atoms with E-state index in [2.05, 4.69) is 33.1 Å². The summed E-state index contributed by atoms with van der Waals surface area (Å²) < 4.78 is 21.2. The monoisotopic (exact) mass is 418 g/mol. The third kappa shape index (κ3) is 4.64. The van der Waals surface area contributed by atoms with Gasteiger partial charge in [-0.25, -0.2) is 4.39 Å². The summed E-state index contributed by atoms with van der Waals surface area (Å²) in [7, 11) is 0. The summed E-state index contributed by atoms with van der Waals surface area (Å²) in [5.74, 6) is 0.254. The summed E-state index contributed by atoms with van der Waals surface area (Å²) in [5.41, 5.74) is 1.97. The van der Waals surface area contributed by atoms with Gasteiger partial charge < -0.3 is 4.74 Å². The highest BCUT2D eigenvalue weighted by Gasteiger charge is 2.13. The van der Waals surface area contributed by atoms with Crippen LogP contribution in [0.2, 0.25) is 0 Å². The molecule has 0 radical (unpaired) electrons. The lowest BCUT2D eigenvalue weighted by Gasteiger charge is -2.08. The molecule has 0 atom stereocenters. The fourth-order valence-corrected chi connectivity index (χ4v) is 3.41. The highest BCUT2D eigenvalue weighted by molar-refractivity contribution is 9.10. The average Bonchev–Trinajstić information content (AvgIpc) is 3.04. The summed E-state index contributed by atoms with van der Waals surface area (Å²) in [6, 6.07) is 10.8. The Hall–Kier alpha value is -1.88. The number of ether oxygens (including phenoxy) is 1. The van der Waals surface area contributed by atoms with Crippen molar-refractivity contribution in [2.24, 2.45) is 0 Å². The number of rotatable bonds is 9. The number of hydrogen-bond donors (Lipinski definition) is 1. The van der Waals surface area contributed by atoms with Crippen LogP contribution in [0.1, 0.15) is 45.4 Å². The molecule has 0 bridgehead atoms. The summed E-state index contributed by atoms with van der Waals surface area (Å²) in [6.07, 6.45) is 7.25. The molecule has 0 saturated carbocycles. The number of nitrogens with zero attached hydrogens (tertiary/aromatic N) is 1. The quantitative estimate of drug-likeness (QED) is 0.384. The normalized spacial score (nSPS) is 11.2. The van der Waals surface area contributed by atoms with E-state index < -0.39 is 0 Å². The first-order valence-electron chi connectivity index (χ1n) is 9.25. The number of benzene rings is 2. The van der Waals surface area contributed by atoms with E-state index in [0.29, 0.717) is 23.6 Å². The Labute approximate surface area is 162 Å². The van der Waals surface area contributed by atoms with Crippen molar-refractivity contribution >= 4 is 26.8 Å². The average molecular weight is 419 g/mol. The van der Waals surface area contributed by atoms with Gasteiger partial charge in [0.2, 0.25) is 0 Å². The molecular weight excluding hydrogens is 395 g/mol. The SMILES string of the molecule is CCCCCCCCOc1ccc(-c2n[nH]c3cc(Br)ccc23)c(F)c1. The van der Waals surface area contributed by atoms with E-state index in [1.165, 1.54) is 31.7 Å². The topological polar surface area (TPSA) is 37.9 Å². The van der Waals surface area contributed by atoms with Gasteiger partial charge in [0.25, 0.3) is 0 Å². The van der Waals surface area contributed by atoms with Crippen LogP contribution in [0.4, 0.5) is 4.39 Å². The highest BCUT2D eigenvalue weighted by atomic mass is 79.9. The van der Waals surface area contributed by atoms with Crippen molar-refractivity contribution in [2.75, 3.05) is 6.61 Å². The van der Waals surface area contributed by atoms with Crippen LogP contribution in [0.3, 0.4) is 0 Å². The molecule has 138 valence electrons. The second-order valence-corrected chi connectivity index (χ2v) is 7.44. The minimum absolute atomic E-state index is 0.318. The number of fused-ring (bicyclic) bond motifs is 1. The largest absolute Gasteiger partial charge is 0.493 e. The predicted octanol–water partition coefficient (Wildman–Crippen LogP) is 6.87. The zero-order valence-corrected chi connectivity index (χ0v) is 16.6. The first kappa shape index (κ1) is 18.9. The van der Waals surface area contributed by atoms with E-state index in [1.807, 2.05) is 24.3 Å². The maximum absolute atomic E-state index is 14.6. The standard InChI is InChI=1S/C21H24BrFN2O/c1-2-3-4-5-6-7-12-26-16-9-11-17(19(23)14-16)21-18-10-8-15(22)13-20(18)24-25-21/h8-11,13-14H,2-7,12H2,1H3,(H,24,25). The molecule has 1 N–H and O–H groups in total. The summed E-state index contributed by atoms with van der Waals surface area (Å²) in [6.45, 7) is 2.84. The smallest absolute Gasteiger partial charge is 0.136 e. The van der Waals surface area contributed by atoms with Gasteiger partial charge in [0.15, 0.2) is 0 Å². The summed E-state index contributed by atoms with van der Waals surface area (Å²) in [4.78, 5) is 0. The summed E-state index contributed by atoms with van der Waals surface area (Å²) in [5, 5.41) is 8.13. The van der Waals surface area contributed by atoms with Gasteiger partial charge in [-0.1, -0.05) is 55.0 Å². The molecule has 3 aromatic rings. The number of halogens is 2. The van der Waals surface area contributed by atoms with Crippen molar-refractivity contribution in [2.45, 2.75) is 45.4 Å². The first-order chi connectivity index (χ1) is 12.7. The molecule has 0 saturated heterocycles. The number of aromatic nitrogens is 2. The van der Waals surface area contributed by atoms with Gasteiger partial charge in [-0.15, -0.1) is 0 Å². The fraction of sp³-hybridized carbons (Fsp3) is 0.381. The third-order valence-electron chi connectivity index (χ3n) is 4.49. The molecule has 0 unspecified atom stereocenters. The van der Waals surface area contributed by atoms with Crippen molar-refractivity contribution in [3.63, 3.8) is 0 Å². The molecule has 5 heteroatoms. The zero-order valence-electron chi connectivity index (χ0n) is 15.0. The van der Waals surface area contributed by atoms with Crippen LogP contribution in [-0.2, 0) is 0 Å². The van der Waals surface area contributed by atoms with Gasteiger partial charge in [0.05, 0.1) is 12.1 Å². The van der Waals surface area contributed by atoms with Gasteiger partial charge in [-0.2, -0.15) is 5.10 Å². The maximum Gasteiger partial charge on any atom is 0.136 e. The van der Waals surface area contributed by atoms with Crippen molar-refractivity contribution in [1.29, 1.82) is 0 Å². The number of H-pyrrole nitrogens is 1. The van der Waals surface area contributed by atoms with Gasteiger partial charge in [-0.3, -0.25) is 5.10 Å². The Balaban J connectivity index is 1.62. The van der Waals surface area contributed by atoms with E-state index in [4.69, 9.17) is 4.74 Å². The maximum atomic E-state index is 14.6. The Morgan fingerprint density at radius 2 is 1.85 bits per heavy atom. The molecule has 1 aromatic heterocycles. The molecule has 0 spiro atoms. The highest BCUT2D eigenvalue weighted by Crippen LogP contribution is 2.31. The molecule has 0 aliphatic heterocycles. The van der Waals surface area contributed by atoms with Crippen molar-refractivity contribution in [3.8, 4) is 17.0 Å². The molecule has 0 aliphatic carbocycles. The molecular formula is C21H24BrFN2O. The van der Waals surface area contributed by atoms with Crippen LogP contribution < -0.4 is 4.74 Å². The molecule has 26 heavy (non-hydrogen) atoms. The van der Waals surface area contributed by atoms with Crippen LogP contribution in [0, 0.1) is 5.82 Å². The second-order valence-electron chi connectivity index (χ2n) is 6.52. The molecule has 0 fully saturated rings. The first-order valence-corrected chi connectivity index (χ1v) is 10.0. The lowest BCUT2D eigenvalue weighted by molar-refractivity contribution is 0.303. The third-order valence-corrected chi connectivity index (χ3v) is 4.98. The van der Waals surface area contributed by atoms with Crippen LogP contribution >= 0.6 is 15.9 Å². The number of nitrogens with one attached hydrogen (secondary N) is 1. The van der Waals surface area contributed by atoms with Crippen LogP contribution in [-0.4, -0.2) is 16.8 Å².